The van der Waals surface area contributed by atoms with Gasteiger partial charge in [-0.1, -0.05) is 30.3 Å². The summed E-state index contributed by atoms with van der Waals surface area (Å²) in [4.78, 5) is 5.71. The summed E-state index contributed by atoms with van der Waals surface area (Å²) >= 11 is 1.53. The Balaban J connectivity index is 1.65. The van der Waals surface area contributed by atoms with Crippen LogP contribution in [0, 0.1) is 13.8 Å². The lowest BCUT2D eigenvalue weighted by Gasteiger charge is -2.03. The summed E-state index contributed by atoms with van der Waals surface area (Å²) in [6.07, 6.45) is 1.82. The molecular formula is C27H23N3O2S. The molecule has 33 heavy (non-hydrogen) atoms. The summed E-state index contributed by atoms with van der Waals surface area (Å²) in [6, 6.07) is 24.1. The molecule has 3 aromatic carbocycles. The zero-order chi connectivity index (χ0) is 22.8. The second-order valence-corrected chi connectivity index (χ2v) is 8.62. The van der Waals surface area contributed by atoms with E-state index in [0.717, 1.165) is 49.8 Å². The van der Waals surface area contributed by atoms with Crippen LogP contribution in [0.15, 0.2) is 92.7 Å². The number of benzene rings is 3. The highest BCUT2D eigenvalue weighted by molar-refractivity contribution is 7.07. The van der Waals surface area contributed by atoms with Crippen LogP contribution in [-0.2, 0) is 0 Å². The van der Waals surface area contributed by atoms with Gasteiger partial charge in [0.2, 0.25) is 4.80 Å². The zero-order valence-corrected chi connectivity index (χ0v) is 19.5. The number of methoxy groups -OCH3 is 1. The molecule has 5 aromatic rings. The first-order valence-corrected chi connectivity index (χ1v) is 11.5. The highest BCUT2D eigenvalue weighted by Crippen LogP contribution is 2.28. The average Bonchev–Trinajstić information content (AvgIpc) is 3.44. The summed E-state index contributed by atoms with van der Waals surface area (Å²) in [7, 11) is 1.66. The molecule has 0 N–H and O–H groups in total. The molecule has 2 aromatic heterocycles. The van der Waals surface area contributed by atoms with E-state index in [1.165, 1.54) is 16.9 Å². The van der Waals surface area contributed by atoms with Crippen molar-refractivity contribution in [1.82, 2.24) is 4.68 Å². The molecular weight excluding hydrogens is 430 g/mol. The predicted octanol–water partition coefficient (Wildman–Crippen LogP) is 6.70. The number of aryl methyl sites for hydroxylation is 2. The first kappa shape index (κ1) is 21.0. The molecule has 0 unspecified atom stereocenters. The highest BCUT2D eigenvalue weighted by atomic mass is 32.1. The van der Waals surface area contributed by atoms with Crippen LogP contribution in [0.3, 0.4) is 0 Å². The van der Waals surface area contributed by atoms with E-state index in [9.17, 15) is 0 Å². The van der Waals surface area contributed by atoms with E-state index >= 15 is 0 Å². The Morgan fingerprint density at radius 1 is 0.970 bits per heavy atom. The van der Waals surface area contributed by atoms with Crippen molar-refractivity contribution in [3.8, 4) is 17.2 Å². The van der Waals surface area contributed by atoms with Crippen molar-refractivity contribution in [3.63, 3.8) is 0 Å². The number of nitrogens with zero attached hydrogens (tertiary/aromatic N) is 3. The molecule has 0 saturated heterocycles. The summed E-state index contributed by atoms with van der Waals surface area (Å²) in [5, 5.41) is 7.88. The van der Waals surface area contributed by atoms with Gasteiger partial charge in [0.05, 0.1) is 19.0 Å². The maximum absolute atomic E-state index is 6.14. The SMILES string of the molecule is COc1ccc(/C=N/n2c(-c3cc4ccccc4o3)csc2=Nc2cc(C)ccc2C)cc1. The van der Waals surface area contributed by atoms with E-state index in [4.69, 9.17) is 19.2 Å². The summed E-state index contributed by atoms with van der Waals surface area (Å²) in [5.74, 6) is 1.56. The largest absolute Gasteiger partial charge is 0.497 e. The molecule has 0 atom stereocenters. The summed E-state index contributed by atoms with van der Waals surface area (Å²) in [6.45, 7) is 4.14. The number of hydrogen-bond donors (Lipinski definition) is 0. The molecule has 6 heteroatoms. The molecule has 0 spiro atoms. The fourth-order valence-corrected chi connectivity index (χ4v) is 4.35. The first-order chi connectivity index (χ1) is 16.1. The van der Waals surface area contributed by atoms with Crippen LogP contribution < -0.4 is 9.54 Å². The Labute approximate surface area is 195 Å². The quantitative estimate of drug-likeness (QED) is 0.278. The third-order valence-corrected chi connectivity index (χ3v) is 6.20. The lowest BCUT2D eigenvalue weighted by molar-refractivity contribution is 0.415. The van der Waals surface area contributed by atoms with E-state index in [0.29, 0.717) is 0 Å². The second-order valence-electron chi connectivity index (χ2n) is 7.78. The van der Waals surface area contributed by atoms with Crippen LogP contribution in [0.2, 0.25) is 0 Å². The molecule has 0 aliphatic heterocycles. The van der Waals surface area contributed by atoms with Gasteiger partial charge in [-0.3, -0.25) is 0 Å². The maximum atomic E-state index is 6.14. The summed E-state index contributed by atoms with van der Waals surface area (Å²) < 4.78 is 13.2. The maximum Gasteiger partial charge on any atom is 0.211 e. The van der Waals surface area contributed by atoms with Gasteiger partial charge >= 0.3 is 0 Å². The number of thiazole rings is 1. The summed E-state index contributed by atoms with van der Waals surface area (Å²) in [5.41, 5.74) is 5.87. The Hall–Kier alpha value is -3.90. The Bertz CT molecular complexity index is 1490. The van der Waals surface area contributed by atoms with Crippen LogP contribution in [-0.4, -0.2) is 18.0 Å². The molecule has 0 bridgehead atoms. The Morgan fingerprint density at radius 3 is 2.58 bits per heavy atom. The third-order valence-electron chi connectivity index (χ3n) is 5.38. The molecule has 164 valence electrons. The van der Waals surface area contributed by atoms with Crippen LogP contribution in [0.25, 0.3) is 22.4 Å². The standard InChI is InChI=1S/C27H23N3O2S/c1-18-8-9-19(2)23(14-18)29-27-30(28-16-20-10-12-22(31-3)13-11-20)24(17-33-27)26-15-21-6-4-5-7-25(21)32-26/h4-17H,1-3H3/b28-16+,29-27?. The molecule has 0 radical (unpaired) electrons. The van der Waals surface area contributed by atoms with Gasteiger partial charge in [0.15, 0.2) is 5.76 Å². The molecule has 0 aliphatic carbocycles. The minimum absolute atomic E-state index is 0.752. The molecule has 0 fully saturated rings. The van der Waals surface area contributed by atoms with E-state index < -0.39 is 0 Å². The smallest absolute Gasteiger partial charge is 0.211 e. The number of rotatable bonds is 5. The van der Waals surface area contributed by atoms with Crippen molar-refractivity contribution in [3.05, 3.63) is 99.7 Å². The number of hydrogen-bond acceptors (Lipinski definition) is 5. The topological polar surface area (TPSA) is 52.0 Å². The van der Waals surface area contributed by atoms with Crippen molar-refractivity contribution >= 4 is 34.2 Å². The second kappa shape index (κ2) is 8.92. The molecule has 5 nitrogen and oxygen atoms in total. The van der Waals surface area contributed by atoms with Crippen LogP contribution in [0.5, 0.6) is 5.75 Å². The predicted molar refractivity (Wildman–Crippen MR) is 135 cm³/mol. The van der Waals surface area contributed by atoms with Crippen molar-refractivity contribution in [2.75, 3.05) is 7.11 Å². The van der Waals surface area contributed by atoms with Crippen molar-refractivity contribution in [2.45, 2.75) is 13.8 Å². The first-order valence-electron chi connectivity index (χ1n) is 10.6. The number of aromatic nitrogens is 1. The number of furan rings is 1. The number of para-hydroxylation sites is 1. The molecule has 0 amide bonds. The third kappa shape index (κ3) is 4.38. The van der Waals surface area contributed by atoms with E-state index in [1.807, 2.05) is 70.9 Å². The van der Waals surface area contributed by atoms with Crippen molar-refractivity contribution in [2.24, 2.45) is 10.1 Å². The van der Waals surface area contributed by atoms with Crippen LogP contribution in [0.4, 0.5) is 5.69 Å². The normalized spacial score (nSPS) is 12.2. The molecule has 0 saturated carbocycles. The van der Waals surface area contributed by atoms with E-state index in [2.05, 4.69) is 32.0 Å². The van der Waals surface area contributed by atoms with E-state index in [1.54, 1.807) is 7.11 Å². The lowest BCUT2D eigenvalue weighted by Crippen LogP contribution is -2.11. The minimum atomic E-state index is 0.752. The van der Waals surface area contributed by atoms with Gasteiger partial charge in [0.25, 0.3) is 0 Å². The van der Waals surface area contributed by atoms with Crippen LogP contribution >= 0.6 is 11.3 Å². The lowest BCUT2D eigenvalue weighted by atomic mass is 10.1. The molecule has 0 aliphatic rings. The number of fused-ring (bicyclic) bond motifs is 1. The molecule has 5 rings (SSSR count). The Morgan fingerprint density at radius 2 is 1.79 bits per heavy atom. The van der Waals surface area contributed by atoms with Gasteiger partial charge in [0.1, 0.15) is 17.0 Å². The zero-order valence-electron chi connectivity index (χ0n) is 18.6. The fraction of sp³-hybridized carbons (Fsp3) is 0.111. The van der Waals surface area contributed by atoms with E-state index in [-0.39, 0.29) is 0 Å². The van der Waals surface area contributed by atoms with Gasteiger partial charge in [-0.15, -0.1) is 11.3 Å². The number of ether oxygens (including phenoxy) is 1. The van der Waals surface area contributed by atoms with Gasteiger partial charge < -0.3 is 9.15 Å². The van der Waals surface area contributed by atoms with Gasteiger partial charge in [0, 0.05) is 10.8 Å². The monoisotopic (exact) mass is 453 g/mol. The van der Waals surface area contributed by atoms with Gasteiger partial charge in [-0.25, -0.2) is 9.67 Å². The van der Waals surface area contributed by atoms with Crippen molar-refractivity contribution < 1.29 is 9.15 Å². The minimum Gasteiger partial charge on any atom is -0.497 e. The highest BCUT2D eigenvalue weighted by Gasteiger charge is 2.13. The van der Waals surface area contributed by atoms with Crippen molar-refractivity contribution in [1.29, 1.82) is 0 Å². The van der Waals surface area contributed by atoms with Crippen LogP contribution in [0.1, 0.15) is 16.7 Å². The fourth-order valence-electron chi connectivity index (χ4n) is 3.52. The average molecular weight is 454 g/mol. The van der Waals surface area contributed by atoms with Gasteiger partial charge in [-0.2, -0.15) is 5.10 Å². The molecule has 2 heterocycles. The Kier molecular flexibility index (Phi) is 5.67. The van der Waals surface area contributed by atoms with Gasteiger partial charge in [-0.05, 0) is 73.0 Å².